The molecular formula is C16H25ClN4O. The highest BCUT2D eigenvalue weighted by Crippen LogP contribution is 2.23. The van der Waals surface area contributed by atoms with Gasteiger partial charge in [0.1, 0.15) is 0 Å². The van der Waals surface area contributed by atoms with Gasteiger partial charge in [0.15, 0.2) is 5.15 Å². The molecule has 1 unspecified atom stereocenters. The van der Waals surface area contributed by atoms with Crippen LogP contribution in [0.4, 0.5) is 10.5 Å². The van der Waals surface area contributed by atoms with Crippen molar-refractivity contribution in [2.75, 3.05) is 25.0 Å². The van der Waals surface area contributed by atoms with Gasteiger partial charge in [0.25, 0.3) is 0 Å². The number of carbonyl (C=O) groups excluding carboxylic acids is 1. The zero-order valence-corrected chi connectivity index (χ0v) is 14.3. The number of amides is 2. The molecule has 2 heterocycles. The molecule has 0 spiro atoms. The summed E-state index contributed by atoms with van der Waals surface area (Å²) < 4.78 is 0. The lowest BCUT2D eigenvalue weighted by atomic mass is 9.93. The van der Waals surface area contributed by atoms with E-state index in [-0.39, 0.29) is 11.6 Å². The van der Waals surface area contributed by atoms with E-state index in [1.807, 2.05) is 0 Å². The number of nitrogens with one attached hydrogen (secondary N) is 2. The van der Waals surface area contributed by atoms with E-state index >= 15 is 0 Å². The van der Waals surface area contributed by atoms with E-state index in [0.717, 1.165) is 19.0 Å². The molecule has 5 nitrogen and oxygen atoms in total. The number of likely N-dealkylation sites (tertiary alicyclic amines) is 1. The molecule has 0 radical (unpaired) electrons. The maximum Gasteiger partial charge on any atom is 0.319 e. The zero-order chi connectivity index (χ0) is 16.2. The van der Waals surface area contributed by atoms with Gasteiger partial charge in [-0.25, -0.2) is 9.78 Å². The van der Waals surface area contributed by atoms with Crippen LogP contribution in [0.5, 0.6) is 0 Å². The minimum Gasteiger partial charge on any atom is -0.336 e. The van der Waals surface area contributed by atoms with Crippen molar-refractivity contribution in [2.24, 2.45) is 5.92 Å². The van der Waals surface area contributed by atoms with Gasteiger partial charge in [-0.1, -0.05) is 18.5 Å². The van der Waals surface area contributed by atoms with E-state index in [9.17, 15) is 4.79 Å². The number of nitrogens with zero attached hydrogens (tertiary/aromatic N) is 2. The number of piperidine rings is 1. The van der Waals surface area contributed by atoms with Gasteiger partial charge >= 0.3 is 6.03 Å². The van der Waals surface area contributed by atoms with Crippen molar-refractivity contribution in [3.63, 3.8) is 0 Å². The number of pyridine rings is 1. The molecule has 1 saturated heterocycles. The van der Waals surface area contributed by atoms with Gasteiger partial charge in [0, 0.05) is 24.8 Å². The highest BCUT2D eigenvalue weighted by atomic mass is 35.5. The molecule has 0 bridgehead atoms. The average Bonchev–Trinajstić information content (AvgIpc) is 2.48. The number of urea groups is 1. The molecule has 2 rings (SSSR count). The third-order valence-corrected chi connectivity index (χ3v) is 4.50. The summed E-state index contributed by atoms with van der Waals surface area (Å²) in [6.07, 6.45) is 4.11. The Morgan fingerprint density at radius 1 is 1.55 bits per heavy atom. The summed E-state index contributed by atoms with van der Waals surface area (Å²) in [5.41, 5.74) is 0.455. The van der Waals surface area contributed by atoms with E-state index < -0.39 is 0 Å². The lowest BCUT2D eigenvalue weighted by Gasteiger charge is -2.43. The number of hydrogen-bond donors (Lipinski definition) is 2. The highest BCUT2D eigenvalue weighted by Gasteiger charge is 2.30. The first-order valence-corrected chi connectivity index (χ1v) is 8.17. The van der Waals surface area contributed by atoms with E-state index in [1.54, 1.807) is 18.3 Å². The SMILES string of the molecule is CC1CCCN(C(C)(C)CNC(=O)Nc2cccnc2Cl)C1. The van der Waals surface area contributed by atoms with Crippen LogP contribution >= 0.6 is 11.6 Å². The normalized spacial score (nSPS) is 19.7. The zero-order valence-electron chi connectivity index (χ0n) is 13.5. The molecule has 1 aromatic rings. The molecule has 122 valence electrons. The Kier molecular flexibility index (Phi) is 5.64. The summed E-state index contributed by atoms with van der Waals surface area (Å²) in [6, 6.07) is 3.21. The van der Waals surface area contributed by atoms with Gasteiger partial charge in [-0.3, -0.25) is 4.90 Å². The van der Waals surface area contributed by atoms with Gasteiger partial charge in [0.05, 0.1) is 5.69 Å². The topological polar surface area (TPSA) is 57.3 Å². The molecule has 1 aliphatic heterocycles. The van der Waals surface area contributed by atoms with Crippen LogP contribution in [0.2, 0.25) is 5.15 Å². The monoisotopic (exact) mass is 324 g/mol. The van der Waals surface area contributed by atoms with Crippen molar-refractivity contribution in [1.82, 2.24) is 15.2 Å². The van der Waals surface area contributed by atoms with Crippen molar-refractivity contribution < 1.29 is 4.79 Å². The molecule has 1 aliphatic rings. The predicted octanol–water partition coefficient (Wildman–Crippen LogP) is 3.37. The number of aromatic nitrogens is 1. The third kappa shape index (κ3) is 4.58. The molecular weight excluding hydrogens is 300 g/mol. The van der Waals surface area contributed by atoms with E-state index in [0.29, 0.717) is 17.4 Å². The van der Waals surface area contributed by atoms with Gasteiger partial charge < -0.3 is 10.6 Å². The molecule has 0 saturated carbocycles. The Morgan fingerprint density at radius 3 is 3.00 bits per heavy atom. The summed E-state index contributed by atoms with van der Waals surface area (Å²) in [5, 5.41) is 5.96. The van der Waals surface area contributed by atoms with Gasteiger partial charge in [-0.15, -0.1) is 0 Å². The van der Waals surface area contributed by atoms with Crippen LogP contribution in [-0.4, -0.2) is 41.1 Å². The number of carbonyl (C=O) groups is 1. The van der Waals surface area contributed by atoms with Crippen LogP contribution in [0, 0.1) is 5.92 Å². The van der Waals surface area contributed by atoms with Gasteiger partial charge in [0.2, 0.25) is 0 Å². The van der Waals surface area contributed by atoms with Crippen molar-refractivity contribution in [2.45, 2.75) is 39.2 Å². The minimum atomic E-state index is -0.256. The smallest absolute Gasteiger partial charge is 0.319 e. The Morgan fingerprint density at radius 2 is 2.32 bits per heavy atom. The Balaban J connectivity index is 1.86. The second kappa shape index (κ2) is 7.29. The minimum absolute atomic E-state index is 0.0647. The first-order chi connectivity index (χ1) is 10.4. The second-order valence-electron chi connectivity index (χ2n) is 6.66. The summed E-state index contributed by atoms with van der Waals surface area (Å²) in [7, 11) is 0. The summed E-state index contributed by atoms with van der Waals surface area (Å²) in [5.74, 6) is 0.719. The fraction of sp³-hybridized carbons (Fsp3) is 0.625. The van der Waals surface area contributed by atoms with Crippen LogP contribution in [0.15, 0.2) is 18.3 Å². The third-order valence-electron chi connectivity index (χ3n) is 4.20. The fourth-order valence-electron chi connectivity index (χ4n) is 2.79. The van der Waals surface area contributed by atoms with Crippen LogP contribution in [-0.2, 0) is 0 Å². The van der Waals surface area contributed by atoms with Crippen molar-refractivity contribution in [3.05, 3.63) is 23.5 Å². The molecule has 0 aliphatic carbocycles. The van der Waals surface area contributed by atoms with E-state index in [2.05, 4.69) is 41.3 Å². The van der Waals surface area contributed by atoms with Crippen LogP contribution in [0.1, 0.15) is 33.6 Å². The van der Waals surface area contributed by atoms with Gasteiger partial charge in [-0.2, -0.15) is 0 Å². The lowest BCUT2D eigenvalue weighted by molar-refractivity contribution is 0.0728. The maximum absolute atomic E-state index is 12.0. The first kappa shape index (κ1) is 17.0. The standard InChI is InChI=1S/C16H25ClN4O/c1-12-6-5-9-21(10-12)16(2,3)11-19-15(22)20-13-7-4-8-18-14(13)17/h4,7-8,12H,5-6,9-11H2,1-3H3,(H2,19,20,22). The molecule has 0 aromatic carbocycles. The predicted molar refractivity (Wildman–Crippen MR) is 90.3 cm³/mol. The number of anilines is 1. The molecule has 2 amide bonds. The van der Waals surface area contributed by atoms with E-state index in [1.165, 1.54) is 12.8 Å². The maximum atomic E-state index is 12.0. The highest BCUT2D eigenvalue weighted by molar-refractivity contribution is 6.32. The quantitative estimate of drug-likeness (QED) is 0.835. The Labute approximate surface area is 137 Å². The molecule has 22 heavy (non-hydrogen) atoms. The van der Waals surface area contributed by atoms with Crippen LogP contribution in [0.3, 0.4) is 0 Å². The molecule has 1 fully saturated rings. The van der Waals surface area contributed by atoms with Crippen LogP contribution in [0.25, 0.3) is 0 Å². The Hall–Kier alpha value is -1.33. The van der Waals surface area contributed by atoms with Gasteiger partial charge in [-0.05, 0) is 51.3 Å². The lowest BCUT2D eigenvalue weighted by Crippen LogP contribution is -2.55. The van der Waals surface area contributed by atoms with Crippen molar-refractivity contribution in [3.8, 4) is 0 Å². The van der Waals surface area contributed by atoms with E-state index in [4.69, 9.17) is 11.6 Å². The summed E-state index contributed by atoms with van der Waals surface area (Å²) >= 11 is 5.93. The molecule has 1 aromatic heterocycles. The second-order valence-corrected chi connectivity index (χ2v) is 7.01. The van der Waals surface area contributed by atoms with Crippen LogP contribution < -0.4 is 10.6 Å². The first-order valence-electron chi connectivity index (χ1n) is 7.79. The molecule has 2 N–H and O–H groups in total. The fourth-order valence-corrected chi connectivity index (χ4v) is 2.96. The molecule has 6 heteroatoms. The van der Waals surface area contributed by atoms with Crippen molar-refractivity contribution in [1.29, 1.82) is 0 Å². The number of halogens is 1. The van der Waals surface area contributed by atoms with Crippen molar-refractivity contribution >= 4 is 23.3 Å². The number of rotatable bonds is 4. The summed E-state index contributed by atoms with van der Waals surface area (Å²) in [4.78, 5) is 18.4. The average molecular weight is 325 g/mol. The summed E-state index contributed by atoms with van der Waals surface area (Å²) in [6.45, 7) is 9.39. The Bertz CT molecular complexity index is 521. The largest absolute Gasteiger partial charge is 0.336 e. The molecule has 1 atom stereocenters. The number of hydrogen-bond acceptors (Lipinski definition) is 3.